The van der Waals surface area contributed by atoms with Crippen molar-refractivity contribution in [2.45, 2.75) is 109 Å². The lowest BCUT2D eigenvalue weighted by Gasteiger charge is -2.18. The minimum atomic E-state index is 0.783. The van der Waals surface area contributed by atoms with Gasteiger partial charge in [0.15, 0.2) is 0 Å². The minimum Gasteiger partial charge on any atom is -0.314 e. The summed E-state index contributed by atoms with van der Waals surface area (Å²) >= 11 is 0. The van der Waals surface area contributed by atoms with Gasteiger partial charge in [0.25, 0.3) is 0 Å². The Hall–Kier alpha value is -1.60. The molecule has 1 saturated carbocycles. The van der Waals surface area contributed by atoms with Gasteiger partial charge in [-0.15, -0.1) is 0 Å². The van der Waals surface area contributed by atoms with Crippen molar-refractivity contribution in [2.75, 3.05) is 6.54 Å². The zero-order valence-corrected chi connectivity index (χ0v) is 19.9. The Kier molecular flexibility index (Phi) is 15.8. The SMILES string of the molecule is C1=C\C=C/C=C\C(CCCCCCCNC2CCCCCCCCCC2)=C/C=C\C=C/1. The van der Waals surface area contributed by atoms with E-state index < -0.39 is 0 Å². The van der Waals surface area contributed by atoms with Crippen LogP contribution in [-0.2, 0) is 0 Å². The Balaban J connectivity index is 1.54. The Morgan fingerprint density at radius 1 is 0.548 bits per heavy atom. The third kappa shape index (κ3) is 14.9. The van der Waals surface area contributed by atoms with Crippen LogP contribution in [0.4, 0.5) is 0 Å². The first kappa shape index (κ1) is 25.7. The van der Waals surface area contributed by atoms with E-state index in [1.807, 2.05) is 0 Å². The molecule has 172 valence electrons. The first-order valence-corrected chi connectivity index (χ1v) is 13.2. The molecule has 2 aliphatic rings. The quantitative estimate of drug-likeness (QED) is 0.366. The molecule has 1 heteroatoms. The van der Waals surface area contributed by atoms with Gasteiger partial charge in [-0.3, -0.25) is 0 Å². The smallest absolute Gasteiger partial charge is 0.00670 e. The number of hydrogen-bond donors (Lipinski definition) is 1. The molecule has 31 heavy (non-hydrogen) atoms. The lowest BCUT2D eigenvalue weighted by molar-refractivity contribution is 0.415. The van der Waals surface area contributed by atoms with E-state index in [1.165, 1.54) is 115 Å². The van der Waals surface area contributed by atoms with Gasteiger partial charge in [-0.2, -0.15) is 0 Å². The van der Waals surface area contributed by atoms with Crippen LogP contribution in [0.2, 0.25) is 0 Å². The highest BCUT2D eigenvalue weighted by Gasteiger charge is 2.08. The summed E-state index contributed by atoms with van der Waals surface area (Å²) in [6.45, 7) is 1.22. The lowest BCUT2D eigenvalue weighted by Crippen LogP contribution is -2.30. The summed E-state index contributed by atoms with van der Waals surface area (Å²) in [4.78, 5) is 0. The van der Waals surface area contributed by atoms with Crippen molar-refractivity contribution < 1.29 is 0 Å². The highest BCUT2D eigenvalue weighted by molar-refractivity contribution is 5.29. The molecule has 0 aromatic carbocycles. The minimum absolute atomic E-state index is 0.783. The van der Waals surface area contributed by atoms with E-state index in [0.717, 1.165) is 6.04 Å². The molecular formula is C30H47N. The van der Waals surface area contributed by atoms with Gasteiger partial charge < -0.3 is 5.32 Å². The van der Waals surface area contributed by atoms with Crippen LogP contribution < -0.4 is 5.32 Å². The molecule has 0 spiro atoms. The van der Waals surface area contributed by atoms with Gasteiger partial charge in [-0.1, -0.05) is 137 Å². The molecule has 1 fully saturated rings. The topological polar surface area (TPSA) is 12.0 Å². The van der Waals surface area contributed by atoms with Gasteiger partial charge in [0.2, 0.25) is 0 Å². The summed E-state index contributed by atoms with van der Waals surface area (Å²) in [6, 6.07) is 0.783. The molecule has 1 N–H and O–H groups in total. The molecule has 0 atom stereocenters. The fourth-order valence-electron chi connectivity index (χ4n) is 4.51. The Labute approximate surface area is 193 Å². The van der Waals surface area contributed by atoms with Crippen molar-refractivity contribution in [1.82, 2.24) is 5.32 Å². The molecule has 0 heterocycles. The monoisotopic (exact) mass is 421 g/mol. The van der Waals surface area contributed by atoms with Crippen molar-refractivity contribution in [1.29, 1.82) is 0 Å². The maximum absolute atomic E-state index is 3.89. The van der Waals surface area contributed by atoms with Crippen LogP contribution in [0.5, 0.6) is 0 Å². The average Bonchev–Trinajstić information content (AvgIpc) is 2.83. The molecule has 0 bridgehead atoms. The molecular weight excluding hydrogens is 374 g/mol. The Bertz CT molecular complexity index is 590. The summed E-state index contributed by atoms with van der Waals surface area (Å²) in [6.07, 6.45) is 45.7. The van der Waals surface area contributed by atoms with E-state index >= 15 is 0 Å². The van der Waals surface area contributed by atoms with E-state index in [9.17, 15) is 0 Å². The van der Waals surface area contributed by atoms with E-state index in [2.05, 4.69) is 72.2 Å². The van der Waals surface area contributed by atoms with Crippen molar-refractivity contribution >= 4 is 0 Å². The van der Waals surface area contributed by atoms with E-state index in [4.69, 9.17) is 0 Å². The maximum atomic E-state index is 3.89. The lowest BCUT2D eigenvalue weighted by atomic mass is 10.0. The zero-order valence-electron chi connectivity index (χ0n) is 19.9. The number of unbranched alkanes of at least 4 members (excludes halogenated alkanes) is 4. The van der Waals surface area contributed by atoms with Crippen LogP contribution in [0, 0.1) is 0 Å². The molecule has 0 aliphatic heterocycles. The van der Waals surface area contributed by atoms with Crippen LogP contribution in [0.1, 0.15) is 103 Å². The predicted octanol–water partition coefficient (Wildman–Crippen LogP) is 8.92. The van der Waals surface area contributed by atoms with Crippen LogP contribution in [0.3, 0.4) is 0 Å². The molecule has 2 aliphatic carbocycles. The second-order valence-corrected chi connectivity index (χ2v) is 9.21. The molecule has 0 amide bonds. The van der Waals surface area contributed by atoms with Crippen LogP contribution in [0.25, 0.3) is 0 Å². The number of allylic oxidation sites excluding steroid dienone is 12. The molecule has 1 nitrogen and oxygen atoms in total. The normalized spacial score (nSPS) is 26.3. The van der Waals surface area contributed by atoms with E-state index in [-0.39, 0.29) is 0 Å². The van der Waals surface area contributed by atoms with Crippen molar-refractivity contribution in [3.63, 3.8) is 0 Å². The second-order valence-electron chi connectivity index (χ2n) is 9.21. The fraction of sp³-hybridized carbons (Fsp3) is 0.600. The first-order chi connectivity index (χ1) is 15.4. The van der Waals surface area contributed by atoms with Crippen LogP contribution >= 0.6 is 0 Å². The standard InChI is InChI=1S/C30H47N/c1-2-6-11-17-23-29(24-18-12-7-3-1)25-19-13-10-16-22-28-31-30-26-20-14-8-4-5-9-15-21-27-30/h1-3,6-7,11-12,17-18,23-24,30-31H,4-5,8-10,13-16,19-22,25-28H2/b2-1-,3-1?,6-2?,7-3-,11-6-,12-7?,17-11?,18-12-,23-17-,24-18?,29-23?,29-24+. The van der Waals surface area contributed by atoms with Gasteiger partial charge >= 0.3 is 0 Å². The van der Waals surface area contributed by atoms with Gasteiger partial charge in [0.05, 0.1) is 0 Å². The third-order valence-electron chi connectivity index (χ3n) is 6.44. The number of hydrogen-bond acceptors (Lipinski definition) is 1. The Morgan fingerprint density at radius 2 is 1.06 bits per heavy atom. The molecule has 0 aromatic rings. The van der Waals surface area contributed by atoms with Crippen molar-refractivity contribution in [3.05, 3.63) is 72.4 Å². The number of rotatable bonds is 9. The van der Waals surface area contributed by atoms with Gasteiger partial charge in [0.1, 0.15) is 0 Å². The highest BCUT2D eigenvalue weighted by atomic mass is 14.9. The predicted molar refractivity (Wildman–Crippen MR) is 139 cm³/mol. The van der Waals surface area contributed by atoms with Crippen LogP contribution in [0.15, 0.2) is 72.4 Å². The highest BCUT2D eigenvalue weighted by Crippen LogP contribution is 2.17. The molecule has 2 rings (SSSR count). The van der Waals surface area contributed by atoms with Gasteiger partial charge in [-0.25, -0.2) is 0 Å². The zero-order chi connectivity index (χ0) is 21.7. The molecule has 0 saturated heterocycles. The summed E-state index contributed by atoms with van der Waals surface area (Å²) in [7, 11) is 0. The summed E-state index contributed by atoms with van der Waals surface area (Å²) in [5, 5.41) is 3.89. The third-order valence-corrected chi connectivity index (χ3v) is 6.44. The van der Waals surface area contributed by atoms with E-state index in [0.29, 0.717) is 0 Å². The van der Waals surface area contributed by atoms with Gasteiger partial charge in [0, 0.05) is 6.04 Å². The number of nitrogens with one attached hydrogen (secondary N) is 1. The Morgan fingerprint density at radius 3 is 1.74 bits per heavy atom. The van der Waals surface area contributed by atoms with Crippen molar-refractivity contribution in [2.24, 2.45) is 0 Å². The molecule has 0 unspecified atom stereocenters. The van der Waals surface area contributed by atoms with Gasteiger partial charge in [-0.05, 0) is 44.2 Å². The molecule has 0 aromatic heterocycles. The van der Waals surface area contributed by atoms with E-state index in [1.54, 1.807) is 0 Å². The van der Waals surface area contributed by atoms with Crippen LogP contribution in [-0.4, -0.2) is 12.6 Å². The maximum Gasteiger partial charge on any atom is 0.00670 e. The average molecular weight is 422 g/mol. The summed E-state index contributed by atoms with van der Waals surface area (Å²) in [5.74, 6) is 0. The summed E-state index contributed by atoms with van der Waals surface area (Å²) in [5.41, 5.74) is 1.42. The largest absolute Gasteiger partial charge is 0.314 e. The fourth-order valence-corrected chi connectivity index (χ4v) is 4.51. The summed E-state index contributed by atoms with van der Waals surface area (Å²) < 4.78 is 0. The second kappa shape index (κ2) is 19.1. The first-order valence-electron chi connectivity index (χ1n) is 13.2. The van der Waals surface area contributed by atoms with Crippen molar-refractivity contribution in [3.8, 4) is 0 Å². The molecule has 0 radical (unpaired) electrons.